The normalized spacial score (nSPS) is 15.4. The Morgan fingerprint density at radius 3 is 1.92 bits per heavy atom. The SMILES string of the molecule is CO[C@H](C)c1ccc([C@@H](C)O)cc1. The molecular formula is C11H16O2. The molecule has 2 heteroatoms. The molecule has 0 amide bonds. The minimum atomic E-state index is -0.396. The third-order valence-electron chi connectivity index (χ3n) is 2.24. The molecule has 1 aromatic carbocycles. The van der Waals surface area contributed by atoms with Gasteiger partial charge in [0.2, 0.25) is 0 Å². The highest BCUT2D eigenvalue weighted by Gasteiger charge is 2.04. The van der Waals surface area contributed by atoms with E-state index in [-0.39, 0.29) is 6.10 Å². The first-order valence-electron chi connectivity index (χ1n) is 4.46. The summed E-state index contributed by atoms with van der Waals surface area (Å²) in [6, 6.07) is 7.82. The van der Waals surface area contributed by atoms with Crippen molar-refractivity contribution in [2.24, 2.45) is 0 Å². The summed E-state index contributed by atoms with van der Waals surface area (Å²) in [5.74, 6) is 0. The lowest BCUT2D eigenvalue weighted by molar-refractivity contribution is 0.119. The molecule has 2 nitrogen and oxygen atoms in total. The van der Waals surface area contributed by atoms with E-state index in [0.717, 1.165) is 11.1 Å². The average molecular weight is 180 g/mol. The van der Waals surface area contributed by atoms with Crippen molar-refractivity contribution in [2.75, 3.05) is 7.11 Å². The van der Waals surface area contributed by atoms with Crippen molar-refractivity contribution in [3.8, 4) is 0 Å². The van der Waals surface area contributed by atoms with Crippen LogP contribution >= 0.6 is 0 Å². The molecule has 0 fully saturated rings. The van der Waals surface area contributed by atoms with Gasteiger partial charge in [-0.25, -0.2) is 0 Å². The number of benzene rings is 1. The van der Waals surface area contributed by atoms with Crippen LogP contribution in [0.5, 0.6) is 0 Å². The van der Waals surface area contributed by atoms with E-state index in [1.54, 1.807) is 14.0 Å². The quantitative estimate of drug-likeness (QED) is 0.774. The molecule has 0 aliphatic rings. The lowest BCUT2D eigenvalue weighted by Crippen LogP contribution is -1.97. The van der Waals surface area contributed by atoms with E-state index in [9.17, 15) is 5.11 Å². The molecule has 1 N–H and O–H groups in total. The first-order chi connectivity index (χ1) is 6.15. The van der Waals surface area contributed by atoms with E-state index in [1.807, 2.05) is 31.2 Å². The zero-order valence-electron chi connectivity index (χ0n) is 8.32. The standard InChI is InChI=1S/C11H16O2/c1-8(12)10-4-6-11(7-5-10)9(2)13-3/h4-9,12H,1-3H3/t8-,9-/m1/s1. The maximum atomic E-state index is 9.28. The molecule has 72 valence electrons. The van der Waals surface area contributed by atoms with Crippen molar-refractivity contribution in [1.82, 2.24) is 0 Å². The van der Waals surface area contributed by atoms with Gasteiger partial charge in [0.15, 0.2) is 0 Å². The zero-order valence-corrected chi connectivity index (χ0v) is 8.32. The van der Waals surface area contributed by atoms with Gasteiger partial charge >= 0.3 is 0 Å². The predicted octanol–water partition coefficient (Wildman–Crippen LogP) is 2.45. The van der Waals surface area contributed by atoms with Crippen LogP contribution in [0.2, 0.25) is 0 Å². The molecule has 0 bridgehead atoms. The lowest BCUT2D eigenvalue weighted by atomic mass is 10.1. The average Bonchev–Trinajstić information content (AvgIpc) is 2.17. The predicted molar refractivity (Wildman–Crippen MR) is 52.5 cm³/mol. The van der Waals surface area contributed by atoms with Gasteiger partial charge in [-0.15, -0.1) is 0 Å². The Morgan fingerprint density at radius 1 is 1.08 bits per heavy atom. The van der Waals surface area contributed by atoms with Crippen molar-refractivity contribution in [1.29, 1.82) is 0 Å². The number of aliphatic hydroxyl groups is 1. The molecular weight excluding hydrogens is 164 g/mol. The maximum Gasteiger partial charge on any atom is 0.0793 e. The van der Waals surface area contributed by atoms with Gasteiger partial charge in [0.1, 0.15) is 0 Å². The van der Waals surface area contributed by atoms with Crippen LogP contribution in [0.25, 0.3) is 0 Å². The Labute approximate surface area is 79.2 Å². The van der Waals surface area contributed by atoms with Gasteiger partial charge in [0.25, 0.3) is 0 Å². The Bertz CT molecular complexity index is 251. The van der Waals surface area contributed by atoms with E-state index in [2.05, 4.69) is 0 Å². The Hall–Kier alpha value is -0.860. The van der Waals surface area contributed by atoms with Crippen molar-refractivity contribution >= 4 is 0 Å². The Kier molecular flexibility index (Phi) is 3.46. The van der Waals surface area contributed by atoms with Crippen LogP contribution in [0.1, 0.15) is 37.2 Å². The summed E-state index contributed by atoms with van der Waals surface area (Å²) in [4.78, 5) is 0. The van der Waals surface area contributed by atoms with Crippen LogP contribution in [0.15, 0.2) is 24.3 Å². The zero-order chi connectivity index (χ0) is 9.84. The molecule has 1 aromatic rings. The van der Waals surface area contributed by atoms with Crippen molar-refractivity contribution in [3.63, 3.8) is 0 Å². The van der Waals surface area contributed by atoms with Crippen LogP contribution in [-0.2, 0) is 4.74 Å². The fourth-order valence-corrected chi connectivity index (χ4v) is 1.18. The highest BCUT2D eigenvalue weighted by Crippen LogP contribution is 2.18. The van der Waals surface area contributed by atoms with Crippen LogP contribution < -0.4 is 0 Å². The third kappa shape index (κ3) is 2.54. The largest absolute Gasteiger partial charge is 0.389 e. The highest BCUT2D eigenvalue weighted by atomic mass is 16.5. The van der Waals surface area contributed by atoms with Crippen LogP contribution in [-0.4, -0.2) is 12.2 Å². The van der Waals surface area contributed by atoms with Crippen molar-refractivity contribution in [3.05, 3.63) is 35.4 Å². The second-order valence-electron chi connectivity index (χ2n) is 3.22. The molecule has 0 aliphatic heterocycles. The molecule has 0 saturated carbocycles. The molecule has 2 atom stereocenters. The fourth-order valence-electron chi connectivity index (χ4n) is 1.18. The summed E-state index contributed by atoms with van der Waals surface area (Å²) < 4.78 is 5.17. The fraction of sp³-hybridized carbons (Fsp3) is 0.455. The highest BCUT2D eigenvalue weighted by molar-refractivity contribution is 5.25. The van der Waals surface area contributed by atoms with E-state index >= 15 is 0 Å². The van der Waals surface area contributed by atoms with Crippen molar-refractivity contribution < 1.29 is 9.84 Å². The summed E-state index contributed by atoms with van der Waals surface area (Å²) in [5, 5.41) is 9.28. The monoisotopic (exact) mass is 180 g/mol. The first kappa shape index (κ1) is 10.2. The molecule has 0 unspecified atom stereocenters. The second kappa shape index (κ2) is 4.40. The molecule has 0 aromatic heterocycles. The van der Waals surface area contributed by atoms with E-state index in [1.165, 1.54) is 0 Å². The Balaban J connectivity index is 2.81. The number of hydrogen-bond acceptors (Lipinski definition) is 2. The van der Waals surface area contributed by atoms with Gasteiger partial charge < -0.3 is 9.84 Å². The van der Waals surface area contributed by atoms with Gasteiger partial charge in [-0.1, -0.05) is 24.3 Å². The first-order valence-corrected chi connectivity index (χ1v) is 4.46. The van der Waals surface area contributed by atoms with Crippen LogP contribution in [0.4, 0.5) is 0 Å². The molecule has 0 spiro atoms. The number of hydrogen-bond donors (Lipinski definition) is 1. The summed E-state index contributed by atoms with van der Waals surface area (Å²) >= 11 is 0. The summed E-state index contributed by atoms with van der Waals surface area (Å²) in [6.45, 7) is 3.76. The summed E-state index contributed by atoms with van der Waals surface area (Å²) in [5.41, 5.74) is 2.07. The van der Waals surface area contributed by atoms with Gasteiger partial charge in [-0.2, -0.15) is 0 Å². The van der Waals surface area contributed by atoms with E-state index < -0.39 is 6.10 Å². The Morgan fingerprint density at radius 2 is 1.54 bits per heavy atom. The number of rotatable bonds is 3. The lowest BCUT2D eigenvalue weighted by Gasteiger charge is -2.11. The third-order valence-corrected chi connectivity index (χ3v) is 2.24. The van der Waals surface area contributed by atoms with Gasteiger partial charge in [-0.3, -0.25) is 0 Å². The minimum Gasteiger partial charge on any atom is -0.389 e. The van der Waals surface area contributed by atoms with Gasteiger partial charge in [-0.05, 0) is 25.0 Å². The minimum absolute atomic E-state index is 0.114. The maximum absolute atomic E-state index is 9.28. The van der Waals surface area contributed by atoms with E-state index in [4.69, 9.17) is 4.74 Å². The smallest absolute Gasteiger partial charge is 0.0793 e. The van der Waals surface area contributed by atoms with Gasteiger partial charge in [0.05, 0.1) is 12.2 Å². The second-order valence-corrected chi connectivity index (χ2v) is 3.22. The van der Waals surface area contributed by atoms with E-state index in [0.29, 0.717) is 0 Å². The van der Waals surface area contributed by atoms with Crippen LogP contribution in [0, 0.1) is 0 Å². The number of aliphatic hydroxyl groups excluding tert-OH is 1. The molecule has 0 saturated heterocycles. The van der Waals surface area contributed by atoms with Crippen LogP contribution in [0.3, 0.4) is 0 Å². The molecule has 0 radical (unpaired) electrons. The van der Waals surface area contributed by atoms with Crippen molar-refractivity contribution in [2.45, 2.75) is 26.1 Å². The number of ether oxygens (including phenoxy) is 1. The molecule has 1 rings (SSSR count). The molecule has 0 heterocycles. The van der Waals surface area contributed by atoms with Gasteiger partial charge in [0, 0.05) is 7.11 Å². The molecule has 13 heavy (non-hydrogen) atoms. The summed E-state index contributed by atoms with van der Waals surface area (Å²) in [6.07, 6.45) is -0.282. The molecule has 0 aliphatic carbocycles. The number of methoxy groups -OCH3 is 1. The topological polar surface area (TPSA) is 29.5 Å². The summed E-state index contributed by atoms with van der Waals surface area (Å²) in [7, 11) is 1.69.